The number of hydrogen-bond acceptors (Lipinski definition) is 5. The quantitative estimate of drug-likeness (QED) is 0.554. The van der Waals surface area contributed by atoms with E-state index in [-0.39, 0.29) is 35.6 Å². The summed E-state index contributed by atoms with van der Waals surface area (Å²) in [5.74, 6) is -0.939. The van der Waals surface area contributed by atoms with Crippen molar-refractivity contribution < 1.29 is 14.6 Å². The van der Waals surface area contributed by atoms with Crippen LogP contribution >= 0.6 is 0 Å². The molecule has 0 spiro atoms. The van der Waals surface area contributed by atoms with E-state index >= 15 is 0 Å². The Balaban J connectivity index is 2.06. The average Bonchev–Trinajstić information content (AvgIpc) is 2.81. The van der Waals surface area contributed by atoms with Crippen LogP contribution in [0.3, 0.4) is 0 Å². The minimum atomic E-state index is -0.631. The number of nitrogens with zero attached hydrogens (tertiary/aromatic N) is 2. The third-order valence-corrected chi connectivity index (χ3v) is 5.39. The molecule has 164 valence electrons. The normalized spacial score (nSPS) is 10.6. The first kappa shape index (κ1) is 22.8. The van der Waals surface area contributed by atoms with Gasteiger partial charge in [-0.05, 0) is 43.0 Å². The van der Waals surface area contributed by atoms with E-state index in [1.54, 1.807) is 17.6 Å². The Morgan fingerprint density at radius 2 is 1.81 bits per heavy atom. The molecule has 0 radical (unpaired) electrons. The van der Waals surface area contributed by atoms with Crippen molar-refractivity contribution in [1.29, 1.82) is 5.26 Å². The molecule has 0 fully saturated rings. The van der Waals surface area contributed by atoms with Crippen molar-refractivity contribution in [2.75, 3.05) is 6.61 Å². The molecule has 6 nitrogen and oxygen atoms in total. The smallest absolute Gasteiger partial charge is 0.343 e. The van der Waals surface area contributed by atoms with Gasteiger partial charge >= 0.3 is 5.97 Å². The summed E-state index contributed by atoms with van der Waals surface area (Å²) in [5, 5.41) is 19.9. The van der Waals surface area contributed by atoms with Crippen molar-refractivity contribution in [2.24, 2.45) is 0 Å². The monoisotopic (exact) mass is 430 g/mol. The number of ether oxygens (including phenoxy) is 1. The third kappa shape index (κ3) is 4.42. The third-order valence-electron chi connectivity index (χ3n) is 5.39. The van der Waals surface area contributed by atoms with Gasteiger partial charge in [0.2, 0.25) is 0 Å². The molecule has 1 heterocycles. The number of carbonyl (C=O) groups is 1. The topological polar surface area (TPSA) is 92.3 Å². The van der Waals surface area contributed by atoms with Gasteiger partial charge in [-0.2, -0.15) is 5.26 Å². The Kier molecular flexibility index (Phi) is 7.11. The van der Waals surface area contributed by atoms with Crippen molar-refractivity contribution in [3.63, 3.8) is 0 Å². The number of esters is 1. The zero-order valence-electron chi connectivity index (χ0n) is 18.5. The number of carbonyl (C=O) groups excluding carboxylic acids is 1. The number of rotatable bonds is 7. The molecule has 6 heteroatoms. The SMILES string of the molecule is CCCc1c(C(=O)OCC)c(O)c(C)c(=O)n1Cc1ccc(-c2ccccc2C#N)cc1. The largest absolute Gasteiger partial charge is 0.506 e. The van der Waals surface area contributed by atoms with Gasteiger partial charge in [0.1, 0.15) is 11.3 Å². The highest BCUT2D eigenvalue weighted by Crippen LogP contribution is 2.27. The number of pyridine rings is 1. The van der Waals surface area contributed by atoms with Crippen LogP contribution in [0, 0.1) is 18.3 Å². The van der Waals surface area contributed by atoms with Gasteiger partial charge in [-0.15, -0.1) is 0 Å². The van der Waals surface area contributed by atoms with Gasteiger partial charge in [0.05, 0.1) is 30.3 Å². The van der Waals surface area contributed by atoms with Crippen LogP contribution in [0.15, 0.2) is 53.3 Å². The molecule has 32 heavy (non-hydrogen) atoms. The molecular weight excluding hydrogens is 404 g/mol. The molecule has 0 aliphatic heterocycles. The lowest BCUT2D eigenvalue weighted by molar-refractivity contribution is 0.0520. The van der Waals surface area contributed by atoms with Gasteiger partial charge in [0, 0.05) is 5.69 Å². The summed E-state index contributed by atoms with van der Waals surface area (Å²) in [5.41, 5.74) is 3.52. The van der Waals surface area contributed by atoms with Crippen LogP contribution in [0.1, 0.15) is 53.0 Å². The Hall–Kier alpha value is -3.85. The van der Waals surface area contributed by atoms with Gasteiger partial charge in [-0.1, -0.05) is 55.8 Å². The zero-order valence-corrected chi connectivity index (χ0v) is 18.5. The van der Waals surface area contributed by atoms with Crippen LogP contribution < -0.4 is 5.56 Å². The second-order valence-electron chi connectivity index (χ2n) is 7.51. The Morgan fingerprint density at radius 1 is 1.12 bits per heavy atom. The summed E-state index contributed by atoms with van der Waals surface area (Å²) < 4.78 is 6.69. The van der Waals surface area contributed by atoms with Gasteiger partial charge in [0.25, 0.3) is 5.56 Å². The second-order valence-corrected chi connectivity index (χ2v) is 7.51. The molecular formula is C26H26N2O4. The van der Waals surface area contributed by atoms with Crippen LogP contribution in [0.2, 0.25) is 0 Å². The highest BCUT2D eigenvalue weighted by Gasteiger charge is 2.25. The molecule has 0 amide bonds. The van der Waals surface area contributed by atoms with Crippen molar-refractivity contribution in [1.82, 2.24) is 4.57 Å². The number of aromatic hydroxyl groups is 1. The van der Waals surface area contributed by atoms with Crippen LogP contribution in [0.5, 0.6) is 5.75 Å². The lowest BCUT2D eigenvalue weighted by atomic mass is 9.99. The zero-order chi connectivity index (χ0) is 23.3. The predicted octanol–water partition coefficient (Wildman–Crippen LogP) is 4.58. The van der Waals surface area contributed by atoms with E-state index in [1.807, 2.05) is 49.4 Å². The van der Waals surface area contributed by atoms with Gasteiger partial charge in [0.15, 0.2) is 0 Å². The molecule has 0 aliphatic carbocycles. The molecule has 0 saturated carbocycles. The molecule has 1 aromatic heterocycles. The van der Waals surface area contributed by atoms with Crippen LogP contribution in [-0.2, 0) is 17.7 Å². The Bertz CT molecular complexity index is 1230. The van der Waals surface area contributed by atoms with Crippen LogP contribution in [0.4, 0.5) is 0 Å². The first-order valence-corrected chi connectivity index (χ1v) is 10.6. The molecule has 2 aromatic carbocycles. The van der Waals surface area contributed by atoms with E-state index in [2.05, 4.69) is 6.07 Å². The van der Waals surface area contributed by atoms with Crippen molar-refractivity contribution in [3.8, 4) is 22.9 Å². The first-order chi connectivity index (χ1) is 15.4. The first-order valence-electron chi connectivity index (χ1n) is 10.6. The van der Waals surface area contributed by atoms with E-state index in [4.69, 9.17) is 4.74 Å². The molecule has 0 unspecified atom stereocenters. The van der Waals surface area contributed by atoms with E-state index in [9.17, 15) is 20.0 Å². The summed E-state index contributed by atoms with van der Waals surface area (Å²) in [4.78, 5) is 25.6. The highest BCUT2D eigenvalue weighted by atomic mass is 16.5. The van der Waals surface area contributed by atoms with Gasteiger partial charge < -0.3 is 14.4 Å². The highest BCUT2D eigenvalue weighted by molar-refractivity contribution is 5.94. The number of nitriles is 1. The summed E-state index contributed by atoms with van der Waals surface area (Å²) in [7, 11) is 0. The predicted molar refractivity (Wildman–Crippen MR) is 123 cm³/mol. The fourth-order valence-corrected chi connectivity index (χ4v) is 3.77. The van der Waals surface area contributed by atoms with Gasteiger partial charge in [-0.3, -0.25) is 4.79 Å². The lowest BCUT2D eigenvalue weighted by Gasteiger charge is -2.19. The molecule has 0 aliphatic rings. The Labute approximate surface area is 187 Å². The van der Waals surface area contributed by atoms with Crippen molar-refractivity contribution >= 4 is 5.97 Å². The molecule has 0 atom stereocenters. The molecule has 0 saturated heterocycles. The molecule has 3 rings (SSSR count). The molecule has 1 N–H and O–H groups in total. The maximum Gasteiger partial charge on any atom is 0.343 e. The summed E-state index contributed by atoms with van der Waals surface area (Å²) >= 11 is 0. The number of hydrogen-bond donors (Lipinski definition) is 1. The molecule has 3 aromatic rings. The number of benzene rings is 2. The Morgan fingerprint density at radius 3 is 2.44 bits per heavy atom. The van der Waals surface area contributed by atoms with E-state index in [1.165, 1.54) is 6.92 Å². The standard InChI is InChI=1S/C26H26N2O4/c1-4-8-22-23(26(31)32-5-2)24(29)17(3)25(30)28(22)16-18-11-13-19(14-12-18)21-10-7-6-9-20(21)15-27/h6-7,9-14,29H,4-5,8,16H2,1-3H3. The maximum atomic E-state index is 13.0. The fourth-order valence-electron chi connectivity index (χ4n) is 3.77. The van der Waals surface area contributed by atoms with E-state index < -0.39 is 5.97 Å². The van der Waals surface area contributed by atoms with Gasteiger partial charge in [-0.25, -0.2) is 4.79 Å². The maximum absolute atomic E-state index is 13.0. The van der Waals surface area contributed by atoms with Crippen molar-refractivity contribution in [3.05, 3.63) is 86.8 Å². The lowest BCUT2D eigenvalue weighted by Crippen LogP contribution is -2.29. The summed E-state index contributed by atoms with van der Waals surface area (Å²) in [6, 6.07) is 17.2. The van der Waals surface area contributed by atoms with Crippen LogP contribution in [-0.4, -0.2) is 22.2 Å². The second kappa shape index (κ2) is 9.97. The van der Waals surface area contributed by atoms with Crippen LogP contribution in [0.25, 0.3) is 11.1 Å². The number of aromatic nitrogens is 1. The average molecular weight is 431 g/mol. The summed E-state index contributed by atoms with van der Waals surface area (Å²) in [6.45, 7) is 5.58. The minimum absolute atomic E-state index is 0.0605. The van der Waals surface area contributed by atoms with Crippen molar-refractivity contribution in [2.45, 2.75) is 40.2 Å². The van der Waals surface area contributed by atoms with E-state index in [0.29, 0.717) is 24.1 Å². The fraction of sp³-hybridized carbons (Fsp3) is 0.269. The summed E-state index contributed by atoms with van der Waals surface area (Å²) in [6.07, 6.45) is 1.14. The van der Waals surface area contributed by atoms with E-state index in [0.717, 1.165) is 16.7 Å². The minimum Gasteiger partial charge on any atom is -0.506 e. The molecule has 0 bridgehead atoms.